The highest BCUT2D eigenvalue weighted by Crippen LogP contribution is 2.33. The van der Waals surface area contributed by atoms with Crippen molar-refractivity contribution >= 4 is 34.2 Å². The molecule has 7 heteroatoms. The normalized spacial score (nSPS) is 16.9. The van der Waals surface area contributed by atoms with Gasteiger partial charge >= 0.3 is 0 Å². The number of anilines is 2. The molecule has 146 valence electrons. The Morgan fingerprint density at radius 1 is 1.03 bits per heavy atom. The summed E-state index contributed by atoms with van der Waals surface area (Å²) in [6.07, 6.45) is 0. The zero-order valence-corrected chi connectivity index (χ0v) is 17.3. The molecule has 6 nitrogen and oxygen atoms in total. The van der Waals surface area contributed by atoms with Crippen molar-refractivity contribution in [2.45, 2.75) is 27.4 Å². The molecule has 1 amide bonds. The second-order valence-corrected chi connectivity index (χ2v) is 8.57. The number of amides is 1. The van der Waals surface area contributed by atoms with Crippen LogP contribution in [-0.2, 0) is 11.5 Å². The van der Waals surface area contributed by atoms with Gasteiger partial charge in [-0.3, -0.25) is 14.2 Å². The van der Waals surface area contributed by atoms with Gasteiger partial charge < -0.3 is 10.2 Å². The smallest absolute Gasteiger partial charge is 0.272 e. The molecule has 0 bridgehead atoms. The Bertz CT molecular complexity index is 1350. The average molecular weight is 404 g/mol. The summed E-state index contributed by atoms with van der Waals surface area (Å²) in [7, 11) is 0. The Hall–Kier alpha value is -3.19. The fourth-order valence-corrected chi connectivity index (χ4v) is 4.99. The number of carbonyl (C=O) groups is 1. The SMILES string of the molecule is Cc1ccc(N2CN=c3s/c(=C4/C(=O)Nc5c(C)cc(C)cc54)c(=O)n3C2)cc1. The number of aromatic nitrogens is 1. The number of nitrogens with zero attached hydrogens (tertiary/aromatic N) is 3. The lowest BCUT2D eigenvalue weighted by Gasteiger charge is -2.25. The maximum absolute atomic E-state index is 13.2. The van der Waals surface area contributed by atoms with Gasteiger partial charge in [-0.1, -0.05) is 40.7 Å². The third-order valence-electron chi connectivity index (χ3n) is 5.39. The van der Waals surface area contributed by atoms with Crippen LogP contribution in [0.4, 0.5) is 11.4 Å². The van der Waals surface area contributed by atoms with E-state index in [2.05, 4.69) is 10.3 Å². The van der Waals surface area contributed by atoms with Gasteiger partial charge in [-0.15, -0.1) is 0 Å². The predicted octanol–water partition coefficient (Wildman–Crippen LogP) is 2.04. The lowest BCUT2D eigenvalue weighted by atomic mass is 10.0. The van der Waals surface area contributed by atoms with Crippen molar-refractivity contribution in [3.05, 3.63) is 78.3 Å². The molecule has 0 saturated carbocycles. The average Bonchev–Trinajstić information content (AvgIpc) is 3.18. The number of benzene rings is 2. The van der Waals surface area contributed by atoms with E-state index in [1.165, 1.54) is 16.9 Å². The number of hydrogen-bond acceptors (Lipinski definition) is 5. The minimum atomic E-state index is -0.222. The molecule has 0 saturated heterocycles. The molecule has 0 fully saturated rings. The number of aryl methyl sites for hydroxylation is 3. The van der Waals surface area contributed by atoms with Crippen molar-refractivity contribution in [3.8, 4) is 0 Å². The van der Waals surface area contributed by atoms with Gasteiger partial charge in [0.1, 0.15) is 17.9 Å². The van der Waals surface area contributed by atoms with Crippen LogP contribution in [0.3, 0.4) is 0 Å². The quantitative estimate of drug-likeness (QED) is 0.675. The number of hydrogen-bond donors (Lipinski definition) is 1. The van der Waals surface area contributed by atoms with Crippen LogP contribution in [0.1, 0.15) is 22.3 Å². The number of rotatable bonds is 1. The van der Waals surface area contributed by atoms with Crippen LogP contribution < -0.4 is 25.1 Å². The summed E-state index contributed by atoms with van der Waals surface area (Å²) in [6, 6.07) is 12.2. The Labute approximate surface area is 171 Å². The van der Waals surface area contributed by atoms with Gasteiger partial charge in [-0.05, 0) is 44.5 Å². The molecular weight excluding hydrogens is 384 g/mol. The lowest BCUT2D eigenvalue weighted by Crippen LogP contribution is -2.43. The monoisotopic (exact) mass is 404 g/mol. The predicted molar refractivity (Wildman–Crippen MR) is 115 cm³/mol. The molecule has 0 unspecified atom stereocenters. The first-order valence-corrected chi connectivity index (χ1v) is 10.3. The fraction of sp³-hybridized carbons (Fsp3) is 0.227. The van der Waals surface area contributed by atoms with Crippen molar-refractivity contribution in [2.24, 2.45) is 4.99 Å². The molecule has 1 N–H and O–H groups in total. The summed E-state index contributed by atoms with van der Waals surface area (Å²) in [5.41, 5.74) is 6.16. The Balaban J connectivity index is 1.66. The third-order valence-corrected chi connectivity index (χ3v) is 6.51. The van der Waals surface area contributed by atoms with Gasteiger partial charge in [0.15, 0.2) is 4.80 Å². The van der Waals surface area contributed by atoms with Crippen LogP contribution in [0.25, 0.3) is 5.57 Å². The second-order valence-electron chi connectivity index (χ2n) is 7.60. The number of thiazole rings is 1. The molecule has 5 rings (SSSR count). The van der Waals surface area contributed by atoms with Gasteiger partial charge in [0.05, 0.1) is 11.3 Å². The van der Waals surface area contributed by atoms with E-state index in [1.54, 1.807) is 4.57 Å². The molecule has 0 radical (unpaired) electrons. The molecule has 3 heterocycles. The van der Waals surface area contributed by atoms with Gasteiger partial charge in [0, 0.05) is 11.3 Å². The van der Waals surface area contributed by atoms with E-state index in [9.17, 15) is 9.59 Å². The zero-order chi connectivity index (χ0) is 20.3. The third kappa shape index (κ3) is 2.81. The fourth-order valence-electron chi connectivity index (χ4n) is 3.93. The molecule has 0 spiro atoms. The lowest BCUT2D eigenvalue weighted by molar-refractivity contribution is -0.110. The van der Waals surface area contributed by atoms with E-state index in [0.29, 0.717) is 28.2 Å². The molecule has 2 aromatic carbocycles. The van der Waals surface area contributed by atoms with Crippen LogP contribution in [0.15, 0.2) is 46.2 Å². The van der Waals surface area contributed by atoms with Gasteiger partial charge in [-0.25, -0.2) is 4.99 Å². The summed E-state index contributed by atoms with van der Waals surface area (Å²) < 4.78 is 2.11. The van der Waals surface area contributed by atoms with Gasteiger partial charge in [-0.2, -0.15) is 0 Å². The molecule has 3 aromatic rings. The van der Waals surface area contributed by atoms with E-state index in [1.807, 2.05) is 62.1 Å². The van der Waals surface area contributed by atoms with E-state index in [4.69, 9.17) is 0 Å². The molecule has 1 aromatic heterocycles. The minimum Gasteiger partial charge on any atom is -0.334 e. The van der Waals surface area contributed by atoms with Crippen molar-refractivity contribution in [1.29, 1.82) is 0 Å². The van der Waals surface area contributed by atoms with Crippen LogP contribution in [-0.4, -0.2) is 17.1 Å². The van der Waals surface area contributed by atoms with Crippen LogP contribution >= 0.6 is 11.3 Å². The van der Waals surface area contributed by atoms with E-state index in [0.717, 1.165) is 28.1 Å². The summed E-state index contributed by atoms with van der Waals surface area (Å²) in [4.78, 5) is 33.3. The second kappa shape index (κ2) is 6.42. The van der Waals surface area contributed by atoms with Crippen LogP contribution in [0.2, 0.25) is 0 Å². The zero-order valence-electron chi connectivity index (χ0n) is 16.4. The van der Waals surface area contributed by atoms with E-state index in [-0.39, 0.29) is 11.5 Å². The highest BCUT2D eigenvalue weighted by atomic mass is 32.1. The summed E-state index contributed by atoms with van der Waals surface area (Å²) >= 11 is 1.30. The molecule has 2 aliphatic rings. The molecular formula is C22H20N4O2S. The number of nitrogens with one attached hydrogen (secondary N) is 1. The highest BCUT2D eigenvalue weighted by molar-refractivity contribution is 7.07. The Kier molecular flexibility index (Phi) is 3.96. The van der Waals surface area contributed by atoms with Crippen molar-refractivity contribution in [1.82, 2.24) is 4.57 Å². The number of carbonyl (C=O) groups excluding carboxylic acids is 1. The van der Waals surface area contributed by atoms with Crippen LogP contribution in [0, 0.1) is 20.8 Å². The first-order valence-electron chi connectivity index (χ1n) is 9.45. The first kappa shape index (κ1) is 17.9. The van der Waals surface area contributed by atoms with E-state index < -0.39 is 0 Å². The highest BCUT2D eigenvalue weighted by Gasteiger charge is 2.29. The van der Waals surface area contributed by atoms with Crippen molar-refractivity contribution < 1.29 is 4.79 Å². The van der Waals surface area contributed by atoms with Crippen LogP contribution in [0.5, 0.6) is 0 Å². The van der Waals surface area contributed by atoms with Gasteiger partial charge in [0.2, 0.25) is 0 Å². The summed E-state index contributed by atoms with van der Waals surface area (Å²) in [6.45, 7) is 6.92. The summed E-state index contributed by atoms with van der Waals surface area (Å²) in [5, 5.41) is 2.93. The first-order chi connectivity index (χ1) is 13.9. The number of fused-ring (bicyclic) bond motifs is 2. The molecule has 0 atom stereocenters. The van der Waals surface area contributed by atoms with Crippen molar-refractivity contribution in [2.75, 3.05) is 16.9 Å². The minimum absolute atomic E-state index is 0.164. The maximum atomic E-state index is 13.2. The molecule has 2 aliphatic heterocycles. The largest absolute Gasteiger partial charge is 0.334 e. The van der Waals surface area contributed by atoms with Crippen molar-refractivity contribution in [3.63, 3.8) is 0 Å². The Morgan fingerprint density at radius 2 is 1.79 bits per heavy atom. The topological polar surface area (TPSA) is 66.7 Å². The Morgan fingerprint density at radius 3 is 2.55 bits per heavy atom. The van der Waals surface area contributed by atoms with Gasteiger partial charge in [0.25, 0.3) is 11.5 Å². The standard InChI is InChI=1S/C22H20N4O2S/c1-12-4-6-15(7-5-12)25-10-23-22-26(11-25)21(28)19(29-22)17-16-9-13(2)8-14(3)18(16)24-20(17)27/h4-9H,10-11H2,1-3H3,(H,24,27)/b19-17+. The van der Waals surface area contributed by atoms with E-state index >= 15 is 0 Å². The molecule has 0 aliphatic carbocycles. The molecule has 29 heavy (non-hydrogen) atoms. The maximum Gasteiger partial charge on any atom is 0.272 e. The summed E-state index contributed by atoms with van der Waals surface area (Å²) in [5.74, 6) is -0.222.